The molecule has 3 heteroatoms. The van der Waals surface area contributed by atoms with Gasteiger partial charge in [-0.05, 0) is 30.2 Å². The lowest BCUT2D eigenvalue weighted by molar-refractivity contribution is 0.569. The predicted octanol–water partition coefficient (Wildman–Crippen LogP) is 3.35. The third-order valence-electron chi connectivity index (χ3n) is 3.96. The van der Waals surface area contributed by atoms with Crippen LogP contribution in [0.4, 0.5) is 0 Å². The Morgan fingerprint density at radius 3 is 2.60 bits per heavy atom. The van der Waals surface area contributed by atoms with E-state index in [0.717, 1.165) is 12.2 Å². The van der Waals surface area contributed by atoms with E-state index in [1.165, 1.54) is 22.0 Å². The maximum atomic E-state index is 6.42. The highest BCUT2D eigenvalue weighted by Gasteiger charge is 2.12. The molecule has 20 heavy (non-hydrogen) atoms. The lowest BCUT2D eigenvalue weighted by atomic mass is 9.99. The van der Waals surface area contributed by atoms with Crippen LogP contribution in [-0.2, 0) is 6.54 Å². The van der Waals surface area contributed by atoms with Crippen molar-refractivity contribution in [2.24, 2.45) is 5.73 Å². The Kier molecular flexibility index (Phi) is 3.28. The third-order valence-corrected chi connectivity index (χ3v) is 3.96. The molecule has 0 fully saturated rings. The zero-order chi connectivity index (χ0) is 14.1. The summed E-state index contributed by atoms with van der Waals surface area (Å²) in [7, 11) is 0. The standard InChI is InChI=1S/C17H19N3/c1-12-13(2)20(11-19-12)10-17(18)16-9-5-7-14-6-3-4-8-15(14)16/h3-9,11,17H,10,18H2,1-2H3. The van der Waals surface area contributed by atoms with E-state index in [4.69, 9.17) is 5.73 Å². The van der Waals surface area contributed by atoms with Crippen molar-refractivity contribution in [1.29, 1.82) is 0 Å². The topological polar surface area (TPSA) is 43.8 Å². The Morgan fingerprint density at radius 2 is 1.85 bits per heavy atom. The first-order valence-electron chi connectivity index (χ1n) is 6.88. The average molecular weight is 265 g/mol. The second-order valence-electron chi connectivity index (χ2n) is 5.24. The first kappa shape index (κ1) is 12.9. The molecule has 1 atom stereocenters. The average Bonchev–Trinajstić information content (AvgIpc) is 2.78. The van der Waals surface area contributed by atoms with Gasteiger partial charge in [0.2, 0.25) is 0 Å². The fourth-order valence-corrected chi connectivity index (χ4v) is 2.61. The van der Waals surface area contributed by atoms with Gasteiger partial charge in [-0.25, -0.2) is 4.98 Å². The minimum absolute atomic E-state index is 0.0339. The molecule has 1 heterocycles. The summed E-state index contributed by atoms with van der Waals surface area (Å²) in [6.45, 7) is 4.86. The fraction of sp³-hybridized carbons (Fsp3) is 0.235. The molecule has 0 aliphatic carbocycles. The highest BCUT2D eigenvalue weighted by Crippen LogP contribution is 2.24. The SMILES string of the molecule is Cc1ncn(CC(N)c2cccc3ccccc23)c1C. The minimum atomic E-state index is -0.0339. The van der Waals surface area contributed by atoms with Crippen molar-refractivity contribution >= 4 is 10.8 Å². The van der Waals surface area contributed by atoms with Gasteiger partial charge in [-0.1, -0.05) is 42.5 Å². The molecule has 2 N–H and O–H groups in total. The predicted molar refractivity (Wildman–Crippen MR) is 82.6 cm³/mol. The lowest BCUT2D eigenvalue weighted by Crippen LogP contribution is -2.18. The minimum Gasteiger partial charge on any atom is -0.333 e. The highest BCUT2D eigenvalue weighted by molar-refractivity contribution is 5.86. The molecule has 102 valence electrons. The number of rotatable bonds is 3. The van der Waals surface area contributed by atoms with E-state index in [1.807, 2.05) is 13.3 Å². The van der Waals surface area contributed by atoms with Crippen molar-refractivity contribution in [2.75, 3.05) is 0 Å². The third kappa shape index (κ3) is 2.21. The van der Waals surface area contributed by atoms with Gasteiger partial charge >= 0.3 is 0 Å². The van der Waals surface area contributed by atoms with E-state index >= 15 is 0 Å². The Labute approximate surface area is 119 Å². The molecule has 2 aromatic carbocycles. The number of fused-ring (bicyclic) bond motifs is 1. The van der Waals surface area contributed by atoms with Crippen molar-refractivity contribution in [3.8, 4) is 0 Å². The number of imidazole rings is 1. The Bertz CT molecular complexity index is 738. The van der Waals surface area contributed by atoms with Gasteiger partial charge in [-0.15, -0.1) is 0 Å². The smallest absolute Gasteiger partial charge is 0.0952 e. The van der Waals surface area contributed by atoms with Crippen LogP contribution in [0.2, 0.25) is 0 Å². The molecule has 0 spiro atoms. The zero-order valence-corrected chi connectivity index (χ0v) is 11.9. The van der Waals surface area contributed by atoms with E-state index in [-0.39, 0.29) is 6.04 Å². The van der Waals surface area contributed by atoms with Gasteiger partial charge < -0.3 is 10.3 Å². The second-order valence-corrected chi connectivity index (χ2v) is 5.24. The number of benzene rings is 2. The summed E-state index contributed by atoms with van der Waals surface area (Å²) in [4.78, 5) is 4.33. The molecule has 1 aromatic heterocycles. The van der Waals surface area contributed by atoms with Gasteiger partial charge in [0.15, 0.2) is 0 Å². The molecule has 3 aromatic rings. The summed E-state index contributed by atoms with van der Waals surface area (Å²) in [5.74, 6) is 0. The lowest BCUT2D eigenvalue weighted by Gasteiger charge is -2.16. The van der Waals surface area contributed by atoms with Crippen LogP contribution >= 0.6 is 0 Å². The summed E-state index contributed by atoms with van der Waals surface area (Å²) in [5, 5.41) is 2.47. The summed E-state index contributed by atoms with van der Waals surface area (Å²) < 4.78 is 2.13. The largest absolute Gasteiger partial charge is 0.333 e. The van der Waals surface area contributed by atoms with Crippen molar-refractivity contribution in [1.82, 2.24) is 9.55 Å². The molecule has 3 rings (SSSR count). The van der Waals surface area contributed by atoms with Crippen molar-refractivity contribution in [3.63, 3.8) is 0 Å². The molecule has 0 bridgehead atoms. The molecule has 3 nitrogen and oxygen atoms in total. The second kappa shape index (κ2) is 5.10. The highest BCUT2D eigenvalue weighted by atomic mass is 15.1. The first-order chi connectivity index (χ1) is 9.66. The van der Waals surface area contributed by atoms with E-state index in [1.54, 1.807) is 0 Å². The van der Waals surface area contributed by atoms with Gasteiger partial charge in [-0.2, -0.15) is 0 Å². The van der Waals surface area contributed by atoms with Crippen molar-refractivity contribution < 1.29 is 0 Å². The van der Waals surface area contributed by atoms with Gasteiger partial charge in [0.05, 0.1) is 12.0 Å². The number of aryl methyl sites for hydroxylation is 1. The first-order valence-corrected chi connectivity index (χ1v) is 6.88. The summed E-state index contributed by atoms with van der Waals surface area (Å²) in [6.07, 6.45) is 1.87. The Hall–Kier alpha value is -2.13. The normalized spacial score (nSPS) is 12.8. The van der Waals surface area contributed by atoms with Gasteiger partial charge in [0.1, 0.15) is 0 Å². The zero-order valence-electron chi connectivity index (χ0n) is 11.9. The van der Waals surface area contributed by atoms with E-state index in [0.29, 0.717) is 0 Å². The van der Waals surface area contributed by atoms with Crippen LogP contribution in [0.5, 0.6) is 0 Å². The summed E-state index contributed by atoms with van der Waals surface area (Å²) >= 11 is 0. The van der Waals surface area contributed by atoms with Crippen LogP contribution in [-0.4, -0.2) is 9.55 Å². The van der Waals surface area contributed by atoms with Crippen LogP contribution in [0.1, 0.15) is 23.0 Å². The van der Waals surface area contributed by atoms with Crippen LogP contribution in [0.3, 0.4) is 0 Å². The van der Waals surface area contributed by atoms with Gasteiger partial charge in [0.25, 0.3) is 0 Å². The molecule has 0 saturated heterocycles. The van der Waals surface area contributed by atoms with Crippen LogP contribution in [0, 0.1) is 13.8 Å². The number of aromatic nitrogens is 2. The molecule has 1 unspecified atom stereocenters. The van der Waals surface area contributed by atoms with E-state index < -0.39 is 0 Å². The molecule has 0 radical (unpaired) electrons. The number of nitrogens with two attached hydrogens (primary N) is 1. The molecule has 0 aliphatic heterocycles. The van der Waals surface area contributed by atoms with Crippen molar-refractivity contribution in [3.05, 3.63) is 65.7 Å². The Morgan fingerprint density at radius 1 is 1.10 bits per heavy atom. The molecule has 0 aliphatic rings. The van der Waals surface area contributed by atoms with E-state index in [9.17, 15) is 0 Å². The monoisotopic (exact) mass is 265 g/mol. The van der Waals surface area contributed by atoms with Crippen molar-refractivity contribution in [2.45, 2.75) is 26.4 Å². The summed E-state index contributed by atoms with van der Waals surface area (Å²) in [6, 6.07) is 14.7. The molecule has 0 saturated carbocycles. The molecular weight excluding hydrogens is 246 g/mol. The maximum absolute atomic E-state index is 6.42. The van der Waals surface area contributed by atoms with Crippen LogP contribution in [0.25, 0.3) is 10.8 Å². The maximum Gasteiger partial charge on any atom is 0.0952 e. The fourth-order valence-electron chi connectivity index (χ4n) is 2.61. The van der Waals surface area contributed by atoms with Crippen LogP contribution in [0.15, 0.2) is 48.8 Å². The molecular formula is C17H19N3. The van der Waals surface area contributed by atoms with Gasteiger partial charge in [0, 0.05) is 18.3 Å². The van der Waals surface area contributed by atoms with Crippen LogP contribution < -0.4 is 5.73 Å². The Balaban J connectivity index is 1.97. The quantitative estimate of drug-likeness (QED) is 0.789. The number of nitrogens with zero attached hydrogens (tertiary/aromatic N) is 2. The van der Waals surface area contributed by atoms with Gasteiger partial charge in [-0.3, -0.25) is 0 Å². The van der Waals surface area contributed by atoms with E-state index in [2.05, 4.69) is 58.9 Å². The number of hydrogen-bond acceptors (Lipinski definition) is 2. The number of hydrogen-bond donors (Lipinski definition) is 1. The molecule has 0 amide bonds. The summed E-state index contributed by atoms with van der Waals surface area (Å²) in [5.41, 5.74) is 9.86.